The molecule has 0 bridgehead atoms. The zero-order valence-electron chi connectivity index (χ0n) is 15.0. The van der Waals surface area contributed by atoms with E-state index < -0.39 is 23.8 Å². The van der Waals surface area contributed by atoms with Crippen molar-refractivity contribution in [1.82, 2.24) is 9.80 Å². The number of primary amides is 2. The lowest BCUT2D eigenvalue weighted by Crippen LogP contribution is -2.50. The van der Waals surface area contributed by atoms with E-state index in [9.17, 15) is 19.2 Å². The van der Waals surface area contributed by atoms with E-state index in [-0.39, 0.29) is 52.0 Å². The van der Waals surface area contributed by atoms with Gasteiger partial charge in [-0.15, -0.1) is 0 Å². The highest BCUT2D eigenvalue weighted by Gasteiger charge is 2.24. The van der Waals surface area contributed by atoms with E-state index in [1.54, 1.807) is 20.8 Å². The van der Waals surface area contributed by atoms with E-state index in [0.29, 0.717) is 0 Å². The van der Waals surface area contributed by atoms with Crippen molar-refractivity contribution in [2.75, 3.05) is 45.9 Å². The molecule has 0 unspecified atom stereocenters. The first-order chi connectivity index (χ1) is 11.7. The van der Waals surface area contributed by atoms with Crippen LogP contribution in [0.3, 0.4) is 0 Å². The molecular formula is C15H28N4O6. The summed E-state index contributed by atoms with van der Waals surface area (Å²) in [6.07, 6.45) is 0. The third-order valence-electron chi connectivity index (χ3n) is 3.18. The van der Waals surface area contributed by atoms with Gasteiger partial charge in [0.1, 0.15) is 0 Å². The molecule has 0 fully saturated rings. The molecule has 0 saturated heterocycles. The molecule has 0 aliphatic rings. The molecule has 0 aromatic rings. The van der Waals surface area contributed by atoms with Crippen molar-refractivity contribution in [3.63, 3.8) is 0 Å². The SMILES string of the molecule is CCOC(=O)CN(CC(N)=O)C[C@@H](C)N(CC(N)=O)CC(=O)OCC. The highest BCUT2D eigenvalue weighted by Crippen LogP contribution is 2.04. The molecule has 0 saturated carbocycles. The minimum absolute atomic E-state index is 0.134. The van der Waals surface area contributed by atoms with E-state index in [1.165, 1.54) is 9.80 Å². The van der Waals surface area contributed by atoms with Crippen LogP contribution in [0.5, 0.6) is 0 Å². The Morgan fingerprint density at radius 3 is 1.76 bits per heavy atom. The molecule has 2 amide bonds. The molecule has 10 nitrogen and oxygen atoms in total. The van der Waals surface area contributed by atoms with Crippen LogP contribution in [0.2, 0.25) is 0 Å². The number of nitrogens with zero attached hydrogens (tertiary/aromatic N) is 2. The van der Waals surface area contributed by atoms with Crippen molar-refractivity contribution in [1.29, 1.82) is 0 Å². The summed E-state index contributed by atoms with van der Waals surface area (Å²) in [5.74, 6) is -2.21. The number of amides is 2. The van der Waals surface area contributed by atoms with Crippen molar-refractivity contribution in [3.8, 4) is 0 Å². The minimum atomic E-state index is -0.608. The fourth-order valence-electron chi connectivity index (χ4n) is 2.22. The van der Waals surface area contributed by atoms with Crippen LogP contribution in [0.15, 0.2) is 0 Å². The predicted molar refractivity (Wildman–Crippen MR) is 89.1 cm³/mol. The van der Waals surface area contributed by atoms with E-state index in [0.717, 1.165) is 0 Å². The second-order valence-corrected chi connectivity index (χ2v) is 5.47. The zero-order chi connectivity index (χ0) is 19.4. The molecule has 0 radical (unpaired) electrons. The highest BCUT2D eigenvalue weighted by atomic mass is 16.5. The third kappa shape index (κ3) is 11.1. The van der Waals surface area contributed by atoms with Crippen LogP contribution < -0.4 is 11.5 Å². The lowest BCUT2D eigenvalue weighted by atomic mass is 10.2. The first kappa shape index (κ1) is 22.8. The Balaban J connectivity index is 4.97. The van der Waals surface area contributed by atoms with Crippen molar-refractivity contribution < 1.29 is 28.7 Å². The van der Waals surface area contributed by atoms with E-state index in [2.05, 4.69) is 0 Å². The summed E-state index contributed by atoms with van der Waals surface area (Å²) in [4.78, 5) is 48.8. The second kappa shape index (κ2) is 12.2. The van der Waals surface area contributed by atoms with E-state index in [1.807, 2.05) is 0 Å². The third-order valence-corrected chi connectivity index (χ3v) is 3.18. The number of rotatable bonds is 13. The van der Waals surface area contributed by atoms with E-state index in [4.69, 9.17) is 20.9 Å². The molecule has 4 N–H and O–H groups in total. The summed E-state index contributed by atoms with van der Waals surface area (Å²) in [5.41, 5.74) is 10.4. The quantitative estimate of drug-likeness (QED) is 0.361. The number of hydrogen-bond donors (Lipinski definition) is 2. The average Bonchev–Trinajstić information content (AvgIpc) is 2.45. The summed E-state index contributed by atoms with van der Waals surface area (Å²) in [7, 11) is 0. The standard InChI is InChI=1S/C15H28N4O6/c1-4-24-14(22)9-18(7-12(16)20)6-11(3)19(8-13(17)21)10-15(23)25-5-2/h11H,4-10H2,1-3H3,(H2,16,20)(H2,17,21)/t11-/m1/s1. The number of carbonyl (C=O) groups excluding carboxylic acids is 4. The van der Waals surface area contributed by atoms with Crippen LogP contribution in [0.1, 0.15) is 20.8 Å². The topological polar surface area (TPSA) is 145 Å². The Kier molecular flexibility index (Phi) is 11.1. The molecule has 10 heteroatoms. The first-order valence-corrected chi connectivity index (χ1v) is 8.03. The van der Waals surface area contributed by atoms with Crippen molar-refractivity contribution in [3.05, 3.63) is 0 Å². The van der Waals surface area contributed by atoms with Gasteiger partial charge in [-0.2, -0.15) is 0 Å². The summed E-state index contributed by atoms with van der Waals surface area (Å²) in [5, 5.41) is 0. The van der Waals surface area contributed by atoms with Gasteiger partial charge in [0.05, 0.1) is 39.4 Å². The maximum atomic E-state index is 11.7. The largest absolute Gasteiger partial charge is 0.465 e. The molecular weight excluding hydrogens is 332 g/mol. The van der Waals surface area contributed by atoms with Crippen LogP contribution in [0, 0.1) is 0 Å². The molecule has 0 spiro atoms. The normalized spacial score (nSPS) is 12.0. The number of esters is 2. The van der Waals surface area contributed by atoms with E-state index >= 15 is 0 Å². The van der Waals surface area contributed by atoms with Gasteiger partial charge in [0.2, 0.25) is 11.8 Å². The van der Waals surface area contributed by atoms with Gasteiger partial charge in [0, 0.05) is 12.6 Å². The average molecular weight is 360 g/mol. The van der Waals surface area contributed by atoms with Crippen LogP contribution in [-0.4, -0.2) is 85.5 Å². The lowest BCUT2D eigenvalue weighted by molar-refractivity contribution is -0.147. The van der Waals surface area contributed by atoms with Crippen molar-refractivity contribution >= 4 is 23.8 Å². The van der Waals surface area contributed by atoms with Gasteiger partial charge >= 0.3 is 11.9 Å². The molecule has 0 heterocycles. The summed E-state index contributed by atoms with van der Waals surface area (Å²) >= 11 is 0. The number of nitrogens with two attached hydrogens (primary N) is 2. The fraction of sp³-hybridized carbons (Fsp3) is 0.733. The maximum absolute atomic E-state index is 11.7. The smallest absolute Gasteiger partial charge is 0.320 e. The Labute approximate surface area is 147 Å². The summed E-state index contributed by atoms with van der Waals surface area (Å²) < 4.78 is 9.74. The van der Waals surface area contributed by atoms with Gasteiger partial charge in [0.15, 0.2) is 0 Å². The zero-order valence-corrected chi connectivity index (χ0v) is 15.0. The van der Waals surface area contributed by atoms with Gasteiger partial charge < -0.3 is 20.9 Å². The number of carbonyl (C=O) groups is 4. The molecule has 1 atom stereocenters. The Bertz CT molecular complexity index is 471. The van der Waals surface area contributed by atoms with Crippen LogP contribution in [-0.2, 0) is 28.7 Å². The Morgan fingerprint density at radius 2 is 1.32 bits per heavy atom. The summed E-state index contributed by atoms with van der Waals surface area (Å²) in [6.45, 7) is 5.13. The monoisotopic (exact) mass is 360 g/mol. The number of ether oxygens (including phenoxy) is 2. The molecule has 0 rings (SSSR count). The Morgan fingerprint density at radius 1 is 0.840 bits per heavy atom. The van der Waals surface area contributed by atoms with Gasteiger partial charge in [-0.05, 0) is 20.8 Å². The first-order valence-electron chi connectivity index (χ1n) is 8.03. The fourth-order valence-corrected chi connectivity index (χ4v) is 2.22. The van der Waals surface area contributed by atoms with Crippen LogP contribution in [0.25, 0.3) is 0 Å². The molecule has 144 valence electrons. The molecule has 0 aliphatic heterocycles. The van der Waals surface area contributed by atoms with Crippen molar-refractivity contribution in [2.45, 2.75) is 26.8 Å². The van der Waals surface area contributed by atoms with Gasteiger partial charge in [-0.1, -0.05) is 0 Å². The van der Waals surface area contributed by atoms with Gasteiger partial charge in [-0.3, -0.25) is 29.0 Å². The highest BCUT2D eigenvalue weighted by molar-refractivity contribution is 5.78. The maximum Gasteiger partial charge on any atom is 0.320 e. The molecule has 0 aliphatic carbocycles. The van der Waals surface area contributed by atoms with Gasteiger partial charge in [0.25, 0.3) is 0 Å². The Hall–Kier alpha value is -2.20. The lowest BCUT2D eigenvalue weighted by Gasteiger charge is -2.31. The molecule has 0 aromatic carbocycles. The second-order valence-electron chi connectivity index (χ2n) is 5.47. The summed E-state index contributed by atoms with van der Waals surface area (Å²) in [6, 6.07) is -0.370. The molecule has 25 heavy (non-hydrogen) atoms. The van der Waals surface area contributed by atoms with Crippen LogP contribution >= 0.6 is 0 Å². The molecule has 0 aromatic heterocycles. The van der Waals surface area contributed by atoms with Crippen LogP contribution in [0.4, 0.5) is 0 Å². The van der Waals surface area contributed by atoms with Gasteiger partial charge in [-0.25, -0.2) is 0 Å². The number of hydrogen-bond acceptors (Lipinski definition) is 8. The minimum Gasteiger partial charge on any atom is -0.465 e. The predicted octanol–water partition coefficient (Wildman–Crippen LogP) is -1.92. The van der Waals surface area contributed by atoms with Crippen molar-refractivity contribution in [2.24, 2.45) is 11.5 Å².